The molecule has 152 valence electrons. The van der Waals surface area contributed by atoms with Gasteiger partial charge in [0.25, 0.3) is 0 Å². The second kappa shape index (κ2) is 10.9. The van der Waals surface area contributed by atoms with Crippen LogP contribution in [0.4, 0.5) is 0 Å². The number of rotatable bonds is 10. The van der Waals surface area contributed by atoms with Crippen LogP contribution in [0.15, 0.2) is 23.2 Å². The molecule has 2 rings (SSSR count). The van der Waals surface area contributed by atoms with Crippen LogP contribution in [0, 0.1) is 0 Å². The lowest BCUT2D eigenvalue weighted by Crippen LogP contribution is -2.39. The first-order valence-electron chi connectivity index (χ1n) is 9.60. The number of nitrogens with one attached hydrogen (secondary N) is 2. The topological polar surface area (TPSA) is 73.3 Å². The second-order valence-electron chi connectivity index (χ2n) is 6.77. The van der Waals surface area contributed by atoms with Crippen LogP contribution in [0.2, 0.25) is 0 Å². The fourth-order valence-electron chi connectivity index (χ4n) is 2.88. The van der Waals surface area contributed by atoms with E-state index in [2.05, 4.69) is 29.5 Å². The van der Waals surface area contributed by atoms with Gasteiger partial charge in [0.15, 0.2) is 5.96 Å². The van der Waals surface area contributed by atoms with Gasteiger partial charge in [-0.25, -0.2) is 0 Å². The van der Waals surface area contributed by atoms with E-state index in [1.54, 1.807) is 14.2 Å². The summed E-state index contributed by atoms with van der Waals surface area (Å²) < 4.78 is 22.1. The normalized spacial score (nSPS) is 19.6. The number of aliphatic imine (C=N–C) groups is 1. The van der Waals surface area contributed by atoms with Crippen molar-refractivity contribution >= 4 is 5.96 Å². The minimum Gasteiger partial charge on any atom is -0.496 e. The molecular formula is C20H33N3O4. The third-order valence-corrected chi connectivity index (χ3v) is 4.42. The Hall–Kier alpha value is -2.15. The molecule has 0 spiro atoms. The monoisotopic (exact) mass is 379 g/mol. The van der Waals surface area contributed by atoms with Gasteiger partial charge in [-0.3, -0.25) is 4.99 Å². The maximum absolute atomic E-state index is 5.81. The van der Waals surface area contributed by atoms with Crippen LogP contribution in [-0.4, -0.2) is 58.6 Å². The molecule has 1 aliphatic heterocycles. The van der Waals surface area contributed by atoms with Crippen molar-refractivity contribution in [1.29, 1.82) is 0 Å². The number of methoxy groups -OCH3 is 2. The average Bonchev–Trinajstić information content (AvgIpc) is 3.12. The zero-order valence-corrected chi connectivity index (χ0v) is 17.0. The SMILES string of the molecule is CCNC(=NCC1(C)CCCO1)NCCCOc1cc(OC)cc(OC)c1. The van der Waals surface area contributed by atoms with E-state index >= 15 is 0 Å². The molecule has 1 heterocycles. The van der Waals surface area contributed by atoms with E-state index in [1.165, 1.54) is 0 Å². The maximum atomic E-state index is 5.81. The molecule has 1 aromatic rings. The van der Waals surface area contributed by atoms with Crippen LogP contribution >= 0.6 is 0 Å². The predicted molar refractivity (Wildman–Crippen MR) is 107 cm³/mol. The van der Waals surface area contributed by atoms with Crippen molar-refractivity contribution in [3.05, 3.63) is 18.2 Å². The molecule has 0 radical (unpaired) electrons. The highest BCUT2D eigenvalue weighted by Crippen LogP contribution is 2.27. The summed E-state index contributed by atoms with van der Waals surface area (Å²) in [6, 6.07) is 5.52. The van der Waals surface area contributed by atoms with Gasteiger partial charge in [0.05, 0.1) is 33.0 Å². The van der Waals surface area contributed by atoms with Crippen LogP contribution in [0.5, 0.6) is 17.2 Å². The minimum atomic E-state index is -0.128. The number of hydrogen-bond donors (Lipinski definition) is 2. The lowest BCUT2D eigenvalue weighted by molar-refractivity contribution is 0.0283. The Kier molecular flexibility index (Phi) is 8.51. The molecule has 7 nitrogen and oxygen atoms in total. The first-order chi connectivity index (χ1) is 13.1. The van der Waals surface area contributed by atoms with Gasteiger partial charge in [-0.15, -0.1) is 0 Å². The summed E-state index contributed by atoms with van der Waals surface area (Å²) in [4.78, 5) is 4.66. The molecule has 1 fully saturated rings. The van der Waals surface area contributed by atoms with Gasteiger partial charge in [0.1, 0.15) is 17.2 Å². The Balaban J connectivity index is 1.75. The zero-order valence-electron chi connectivity index (χ0n) is 17.0. The van der Waals surface area contributed by atoms with E-state index in [-0.39, 0.29) is 5.60 Å². The fraction of sp³-hybridized carbons (Fsp3) is 0.650. The summed E-state index contributed by atoms with van der Waals surface area (Å²) in [7, 11) is 3.25. The first-order valence-corrected chi connectivity index (χ1v) is 9.60. The van der Waals surface area contributed by atoms with Gasteiger partial charge in [-0.2, -0.15) is 0 Å². The van der Waals surface area contributed by atoms with Crippen LogP contribution in [0.1, 0.15) is 33.1 Å². The lowest BCUT2D eigenvalue weighted by Gasteiger charge is -2.21. The van der Waals surface area contributed by atoms with Crippen molar-refractivity contribution in [2.75, 3.05) is 47.1 Å². The summed E-state index contributed by atoms with van der Waals surface area (Å²) in [5.74, 6) is 2.98. The molecule has 27 heavy (non-hydrogen) atoms. The van der Waals surface area contributed by atoms with Gasteiger partial charge < -0.3 is 29.6 Å². The van der Waals surface area contributed by atoms with E-state index in [0.717, 1.165) is 50.7 Å². The molecule has 0 aliphatic carbocycles. The van der Waals surface area contributed by atoms with Crippen LogP contribution in [0.25, 0.3) is 0 Å². The summed E-state index contributed by atoms with van der Waals surface area (Å²) in [6.45, 7) is 7.87. The van der Waals surface area contributed by atoms with Gasteiger partial charge in [-0.1, -0.05) is 0 Å². The fourth-order valence-corrected chi connectivity index (χ4v) is 2.88. The quantitative estimate of drug-likeness (QED) is 0.370. The molecule has 0 amide bonds. The molecule has 1 unspecified atom stereocenters. The lowest BCUT2D eigenvalue weighted by atomic mass is 10.0. The summed E-state index contributed by atoms with van der Waals surface area (Å²) in [6.07, 6.45) is 3.02. The van der Waals surface area contributed by atoms with E-state index in [0.29, 0.717) is 24.7 Å². The number of ether oxygens (including phenoxy) is 4. The highest BCUT2D eigenvalue weighted by atomic mass is 16.5. The van der Waals surface area contributed by atoms with Crippen LogP contribution in [-0.2, 0) is 4.74 Å². The van der Waals surface area contributed by atoms with Crippen molar-refractivity contribution in [3.8, 4) is 17.2 Å². The van der Waals surface area contributed by atoms with E-state index in [4.69, 9.17) is 18.9 Å². The smallest absolute Gasteiger partial charge is 0.191 e. The summed E-state index contributed by atoms with van der Waals surface area (Å²) >= 11 is 0. The third-order valence-electron chi connectivity index (χ3n) is 4.42. The van der Waals surface area contributed by atoms with Gasteiger partial charge in [0, 0.05) is 37.9 Å². The average molecular weight is 380 g/mol. The maximum Gasteiger partial charge on any atom is 0.191 e. The molecule has 1 atom stereocenters. The Morgan fingerprint density at radius 1 is 1.15 bits per heavy atom. The molecule has 7 heteroatoms. The Morgan fingerprint density at radius 3 is 2.44 bits per heavy atom. The third kappa shape index (κ3) is 7.17. The highest BCUT2D eigenvalue weighted by molar-refractivity contribution is 5.79. The molecule has 2 N–H and O–H groups in total. The van der Waals surface area contributed by atoms with E-state index < -0.39 is 0 Å². The molecule has 1 aromatic carbocycles. The van der Waals surface area contributed by atoms with Crippen molar-refractivity contribution < 1.29 is 18.9 Å². The minimum absolute atomic E-state index is 0.128. The molecule has 0 bridgehead atoms. The molecular weight excluding hydrogens is 346 g/mol. The second-order valence-corrected chi connectivity index (χ2v) is 6.77. The number of nitrogens with zero attached hydrogens (tertiary/aromatic N) is 1. The Labute approximate surface area is 162 Å². The van der Waals surface area contributed by atoms with E-state index in [1.807, 2.05) is 18.2 Å². The standard InChI is InChI=1S/C20H33N3O4/c1-5-21-19(23-15-20(2)8-6-11-27-20)22-9-7-10-26-18-13-16(24-3)12-17(14-18)25-4/h12-14H,5-11,15H2,1-4H3,(H2,21,22,23). The van der Waals surface area contributed by atoms with Crippen molar-refractivity contribution in [1.82, 2.24) is 10.6 Å². The van der Waals surface area contributed by atoms with E-state index in [9.17, 15) is 0 Å². The predicted octanol–water partition coefficient (Wildman–Crippen LogP) is 2.60. The van der Waals surface area contributed by atoms with Crippen molar-refractivity contribution in [2.45, 2.75) is 38.7 Å². The number of benzene rings is 1. The Morgan fingerprint density at radius 2 is 1.85 bits per heavy atom. The molecule has 0 aromatic heterocycles. The molecule has 1 aliphatic rings. The zero-order chi connectivity index (χ0) is 19.5. The number of hydrogen-bond acceptors (Lipinski definition) is 5. The van der Waals surface area contributed by atoms with Crippen LogP contribution < -0.4 is 24.8 Å². The summed E-state index contributed by atoms with van der Waals surface area (Å²) in [5, 5.41) is 6.62. The first kappa shape index (κ1) is 21.2. The largest absolute Gasteiger partial charge is 0.496 e. The Bertz CT molecular complexity index is 579. The van der Waals surface area contributed by atoms with Gasteiger partial charge in [-0.05, 0) is 33.1 Å². The van der Waals surface area contributed by atoms with Gasteiger partial charge >= 0.3 is 0 Å². The number of guanidine groups is 1. The van der Waals surface area contributed by atoms with Crippen LogP contribution in [0.3, 0.4) is 0 Å². The highest BCUT2D eigenvalue weighted by Gasteiger charge is 2.29. The molecule has 1 saturated heterocycles. The summed E-state index contributed by atoms with van der Waals surface area (Å²) in [5.41, 5.74) is -0.128. The van der Waals surface area contributed by atoms with Crippen molar-refractivity contribution in [2.24, 2.45) is 4.99 Å². The molecule has 0 saturated carbocycles. The van der Waals surface area contributed by atoms with Gasteiger partial charge in [0.2, 0.25) is 0 Å². The van der Waals surface area contributed by atoms with Crippen molar-refractivity contribution in [3.63, 3.8) is 0 Å².